The summed E-state index contributed by atoms with van der Waals surface area (Å²) in [7, 11) is 0. The molecule has 7 nitrogen and oxygen atoms in total. The monoisotopic (exact) mass is 394 g/mol. The number of benzene rings is 1. The van der Waals surface area contributed by atoms with Crippen LogP contribution < -0.4 is 16.2 Å². The second kappa shape index (κ2) is 10.2. The Balaban J connectivity index is 2.08. The maximum absolute atomic E-state index is 12.4. The van der Waals surface area contributed by atoms with Crippen molar-refractivity contribution >= 4 is 17.5 Å². The van der Waals surface area contributed by atoms with Crippen molar-refractivity contribution in [3.05, 3.63) is 63.1 Å². The molecule has 0 saturated carbocycles. The van der Waals surface area contributed by atoms with Crippen molar-refractivity contribution in [3.8, 4) is 6.07 Å². The summed E-state index contributed by atoms with van der Waals surface area (Å²) in [6, 6.07) is 10.2. The first kappa shape index (κ1) is 21.9. The molecule has 152 valence electrons. The Labute approximate surface area is 170 Å². The Bertz CT molecular complexity index is 1000. The Hall–Kier alpha value is -3.40. The topological polar surface area (TPSA) is 104 Å². The Morgan fingerprint density at radius 3 is 2.62 bits per heavy atom. The molecule has 0 aliphatic rings. The van der Waals surface area contributed by atoms with E-state index in [1.807, 2.05) is 6.07 Å². The number of nitrogens with zero attached hydrogens (tertiary/aromatic N) is 2. The molecule has 0 unspecified atom stereocenters. The molecule has 7 heteroatoms. The summed E-state index contributed by atoms with van der Waals surface area (Å²) < 4.78 is 1.27. The van der Waals surface area contributed by atoms with Gasteiger partial charge in [-0.05, 0) is 50.1 Å². The third-order valence-corrected chi connectivity index (χ3v) is 4.59. The van der Waals surface area contributed by atoms with Crippen LogP contribution in [0.15, 0.2) is 35.1 Å². The van der Waals surface area contributed by atoms with Gasteiger partial charge in [0.1, 0.15) is 18.2 Å². The predicted octanol–water partition coefficient (Wildman–Crippen LogP) is 2.90. The molecular formula is C22H26N4O3. The van der Waals surface area contributed by atoms with E-state index in [-0.39, 0.29) is 18.0 Å². The number of unbranched alkanes of at least 4 members (excludes halogenated alkanes) is 2. The first-order valence-electron chi connectivity index (χ1n) is 9.66. The minimum atomic E-state index is -0.486. The second-order valence-corrected chi connectivity index (χ2v) is 6.94. The average Bonchev–Trinajstić information content (AvgIpc) is 2.68. The van der Waals surface area contributed by atoms with Crippen molar-refractivity contribution < 1.29 is 9.59 Å². The Morgan fingerprint density at radius 1 is 1.17 bits per heavy atom. The molecule has 1 aromatic heterocycles. The molecule has 0 aliphatic carbocycles. The number of amides is 2. The third-order valence-electron chi connectivity index (χ3n) is 4.59. The van der Waals surface area contributed by atoms with Gasteiger partial charge in [0, 0.05) is 23.5 Å². The van der Waals surface area contributed by atoms with Crippen LogP contribution in [0.5, 0.6) is 0 Å². The first-order valence-corrected chi connectivity index (χ1v) is 9.66. The van der Waals surface area contributed by atoms with E-state index in [9.17, 15) is 14.4 Å². The molecule has 1 aromatic carbocycles. The van der Waals surface area contributed by atoms with Gasteiger partial charge in [-0.15, -0.1) is 0 Å². The number of pyridine rings is 1. The quantitative estimate of drug-likeness (QED) is 0.672. The van der Waals surface area contributed by atoms with Crippen LogP contribution in [0.1, 0.15) is 53.4 Å². The zero-order valence-electron chi connectivity index (χ0n) is 17.0. The summed E-state index contributed by atoms with van der Waals surface area (Å²) in [6.07, 6.45) is 3.06. The molecule has 2 N–H and O–H groups in total. The number of anilines is 1. The van der Waals surface area contributed by atoms with Crippen LogP contribution in [0.4, 0.5) is 5.69 Å². The summed E-state index contributed by atoms with van der Waals surface area (Å²) in [6.45, 7) is 5.90. The number of rotatable bonds is 8. The lowest BCUT2D eigenvalue weighted by Gasteiger charge is -2.12. The summed E-state index contributed by atoms with van der Waals surface area (Å²) in [5.41, 5.74) is 1.65. The summed E-state index contributed by atoms with van der Waals surface area (Å²) >= 11 is 0. The van der Waals surface area contributed by atoms with Gasteiger partial charge in [-0.1, -0.05) is 25.8 Å². The second-order valence-electron chi connectivity index (χ2n) is 6.94. The first-order chi connectivity index (χ1) is 13.9. The average molecular weight is 394 g/mol. The molecule has 0 fully saturated rings. The molecule has 29 heavy (non-hydrogen) atoms. The van der Waals surface area contributed by atoms with Crippen LogP contribution in [0.3, 0.4) is 0 Å². The lowest BCUT2D eigenvalue weighted by Crippen LogP contribution is -2.31. The molecule has 2 aromatic rings. The number of hydrogen-bond acceptors (Lipinski definition) is 4. The third kappa shape index (κ3) is 5.79. The lowest BCUT2D eigenvalue weighted by atomic mass is 10.1. The van der Waals surface area contributed by atoms with Crippen molar-refractivity contribution in [2.45, 2.75) is 46.6 Å². The Morgan fingerprint density at radius 2 is 1.93 bits per heavy atom. The van der Waals surface area contributed by atoms with E-state index in [0.29, 0.717) is 29.1 Å². The fourth-order valence-electron chi connectivity index (χ4n) is 3.02. The van der Waals surface area contributed by atoms with Gasteiger partial charge >= 0.3 is 0 Å². The van der Waals surface area contributed by atoms with Crippen LogP contribution in [0.25, 0.3) is 0 Å². The van der Waals surface area contributed by atoms with E-state index in [2.05, 4.69) is 17.6 Å². The highest BCUT2D eigenvalue weighted by molar-refractivity contribution is 5.97. The van der Waals surface area contributed by atoms with Crippen LogP contribution in [-0.2, 0) is 11.3 Å². The number of aryl methyl sites for hydroxylation is 2. The number of hydrogen-bond donors (Lipinski definition) is 2. The van der Waals surface area contributed by atoms with Gasteiger partial charge in [0.2, 0.25) is 5.91 Å². The van der Waals surface area contributed by atoms with Crippen molar-refractivity contribution in [2.24, 2.45) is 0 Å². The van der Waals surface area contributed by atoms with Gasteiger partial charge in [0.25, 0.3) is 11.5 Å². The van der Waals surface area contributed by atoms with Crippen LogP contribution >= 0.6 is 0 Å². The minimum absolute atomic E-state index is 0.0325. The predicted molar refractivity (Wildman–Crippen MR) is 112 cm³/mol. The zero-order valence-corrected chi connectivity index (χ0v) is 17.0. The molecular weight excluding hydrogens is 368 g/mol. The molecule has 0 aliphatic heterocycles. The zero-order chi connectivity index (χ0) is 21.4. The highest BCUT2D eigenvalue weighted by atomic mass is 16.2. The Kier molecular flexibility index (Phi) is 7.72. The lowest BCUT2D eigenvalue weighted by molar-refractivity contribution is -0.116. The standard InChI is InChI=1S/C22H26N4O3/c1-4-5-6-10-24-21(28)17-8-7-9-18(12-17)25-20(27)14-26-16(3)11-15(2)19(13-23)22(26)29/h7-9,11-12H,4-6,10,14H2,1-3H3,(H,24,28)(H,25,27). The molecule has 2 amide bonds. The number of nitriles is 1. The van der Waals surface area contributed by atoms with Gasteiger partial charge < -0.3 is 15.2 Å². The molecule has 1 heterocycles. The number of carbonyl (C=O) groups excluding carboxylic acids is 2. The van der Waals surface area contributed by atoms with Gasteiger partial charge in [-0.3, -0.25) is 14.4 Å². The van der Waals surface area contributed by atoms with Crippen molar-refractivity contribution in [1.82, 2.24) is 9.88 Å². The highest BCUT2D eigenvalue weighted by Crippen LogP contribution is 2.12. The van der Waals surface area contributed by atoms with E-state index >= 15 is 0 Å². The van der Waals surface area contributed by atoms with E-state index in [1.54, 1.807) is 44.2 Å². The van der Waals surface area contributed by atoms with E-state index in [0.717, 1.165) is 19.3 Å². The van der Waals surface area contributed by atoms with Crippen molar-refractivity contribution in [2.75, 3.05) is 11.9 Å². The van der Waals surface area contributed by atoms with E-state index in [4.69, 9.17) is 5.26 Å². The summed E-state index contributed by atoms with van der Waals surface area (Å²) in [4.78, 5) is 37.1. The maximum Gasteiger partial charge on any atom is 0.269 e. The normalized spacial score (nSPS) is 10.3. The van der Waals surface area contributed by atoms with E-state index < -0.39 is 11.5 Å². The van der Waals surface area contributed by atoms with Gasteiger partial charge in [-0.2, -0.15) is 5.26 Å². The van der Waals surface area contributed by atoms with Gasteiger partial charge in [0.15, 0.2) is 0 Å². The van der Waals surface area contributed by atoms with Crippen LogP contribution in [0.2, 0.25) is 0 Å². The minimum Gasteiger partial charge on any atom is -0.352 e. The number of aromatic nitrogens is 1. The molecule has 0 saturated heterocycles. The number of nitrogens with one attached hydrogen (secondary N) is 2. The SMILES string of the molecule is CCCCCNC(=O)c1cccc(NC(=O)Cn2c(C)cc(C)c(C#N)c2=O)c1. The van der Waals surface area contributed by atoms with Crippen molar-refractivity contribution in [3.63, 3.8) is 0 Å². The fraction of sp³-hybridized carbons (Fsp3) is 0.364. The number of carbonyl (C=O) groups is 2. The van der Waals surface area contributed by atoms with E-state index in [1.165, 1.54) is 4.57 Å². The fourth-order valence-corrected chi connectivity index (χ4v) is 3.02. The molecule has 0 bridgehead atoms. The maximum atomic E-state index is 12.4. The molecule has 2 rings (SSSR count). The molecule has 0 atom stereocenters. The summed E-state index contributed by atoms with van der Waals surface area (Å²) in [5.74, 6) is -0.607. The highest BCUT2D eigenvalue weighted by Gasteiger charge is 2.13. The summed E-state index contributed by atoms with van der Waals surface area (Å²) in [5, 5.41) is 14.7. The smallest absolute Gasteiger partial charge is 0.269 e. The molecule has 0 spiro atoms. The largest absolute Gasteiger partial charge is 0.352 e. The molecule has 0 radical (unpaired) electrons. The van der Waals surface area contributed by atoms with Crippen LogP contribution in [0, 0.1) is 25.2 Å². The van der Waals surface area contributed by atoms with Crippen molar-refractivity contribution in [1.29, 1.82) is 5.26 Å². The van der Waals surface area contributed by atoms with Crippen LogP contribution in [-0.4, -0.2) is 22.9 Å². The van der Waals surface area contributed by atoms with Gasteiger partial charge in [-0.25, -0.2) is 0 Å². The van der Waals surface area contributed by atoms with Gasteiger partial charge in [0.05, 0.1) is 0 Å².